The van der Waals surface area contributed by atoms with Crippen LogP contribution in [0.25, 0.3) is 6.08 Å². The highest BCUT2D eigenvalue weighted by Gasteiger charge is 2.33. The van der Waals surface area contributed by atoms with E-state index in [-0.39, 0.29) is 23.8 Å². The van der Waals surface area contributed by atoms with Crippen LogP contribution in [0.5, 0.6) is 0 Å². The number of likely N-dealkylation sites (tertiary alicyclic amines) is 1. The SMILES string of the molecule is O=C(NC1CCN(C(=O)C2CCN(S(=O)(=O)/C=C/c3ccccc3)CC2)CC1)c1ccccc1. The monoisotopic (exact) mass is 481 g/mol. The van der Waals surface area contributed by atoms with Crippen LogP contribution < -0.4 is 5.32 Å². The van der Waals surface area contributed by atoms with E-state index >= 15 is 0 Å². The normalized spacial score (nSPS) is 18.8. The van der Waals surface area contributed by atoms with Crippen molar-refractivity contribution in [3.05, 3.63) is 77.2 Å². The van der Waals surface area contributed by atoms with Gasteiger partial charge in [-0.25, -0.2) is 8.42 Å². The first-order valence-corrected chi connectivity index (χ1v) is 13.3. The molecule has 2 aromatic rings. The van der Waals surface area contributed by atoms with E-state index in [0.717, 1.165) is 18.4 Å². The molecule has 0 atom stereocenters. The molecule has 34 heavy (non-hydrogen) atoms. The van der Waals surface area contributed by atoms with E-state index in [0.29, 0.717) is 44.6 Å². The van der Waals surface area contributed by atoms with Gasteiger partial charge in [-0.15, -0.1) is 0 Å². The fraction of sp³-hybridized carbons (Fsp3) is 0.385. The lowest BCUT2D eigenvalue weighted by atomic mass is 9.94. The first kappa shape index (κ1) is 24.2. The largest absolute Gasteiger partial charge is 0.349 e. The summed E-state index contributed by atoms with van der Waals surface area (Å²) >= 11 is 0. The van der Waals surface area contributed by atoms with Gasteiger partial charge in [0.05, 0.1) is 0 Å². The lowest BCUT2D eigenvalue weighted by Gasteiger charge is -2.37. The average molecular weight is 482 g/mol. The molecule has 2 heterocycles. The highest BCUT2D eigenvalue weighted by atomic mass is 32.2. The van der Waals surface area contributed by atoms with Gasteiger partial charge in [0.1, 0.15) is 0 Å². The van der Waals surface area contributed by atoms with Crippen LogP contribution in [0.15, 0.2) is 66.1 Å². The quantitative estimate of drug-likeness (QED) is 0.687. The molecular weight excluding hydrogens is 450 g/mol. The lowest BCUT2D eigenvalue weighted by molar-refractivity contribution is -0.137. The fourth-order valence-corrected chi connectivity index (χ4v) is 5.75. The minimum absolute atomic E-state index is 0.0557. The van der Waals surface area contributed by atoms with Crippen molar-refractivity contribution in [2.75, 3.05) is 26.2 Å². The third-order valence-corrected chi connectivity index (χ3v) is 8.14. The van der Waals surface area contributed by atoms with Crippen LogP contribution in [-0.4, -0.2) is 61.7 Å². The predicted molar refractivity (Wildman–Crippen MR) is 132 cm³/mol. The molecule has 2 aliphatic rings. The number of nitrogens with zero attached hydrogens (tertiary/aromatic N) is 2. The summed E-state index contributed by atoms with van der Waals surface area (Å²) < 4.78 is 26.8. The van der Waals surface area contributed by atoms with E-state index in [1.165, 1.54) is 9.71 Å². The van der Waals surface area contributed by atoms with E-state index in [9.17, 15) is 18.0 Å². The summed E-state index contributed by atoms with van der Waals surface area (Å²) in [6.45, 7) is 1.91. The van der Waals surface area contributed by atoms with Gasteiger partial charge in [-0.1, -0.05) is 48.5 Å². The molecular formula is C26H31N3O4S. The van der Waals surface area contributed by atoms with Crippen LogP contribution in [0.1, 0.15) is 41.6 Å². The van der Waals surface area contributed by atoms with Crippen LogP contribution in [0.2, 0.25) is 0 Å². The summed E-state index contributed by atoms with van der Waals surface area (Å²) in [5.41, 5.74) is 1.47. The van der Waals surface area contributed by atoms with Crippen molar-refractivity contribution in [1.82, 2.24) is 14.5 Å². The van der Waals surface area contributed by atoms with E-state index in [4.69, 9.17) is 0 Å². The summed E-state index contributed by atoms with van der Waals surface area (Å²) in [4.78, 5) is 27.3. The number of piperidine rings is 2. The molecule has 1 N–H and O–H groups in total. The smallest absolute Gasteiger partial charge is 0.251 e. The zero-order valence-electron chi connectivity index (χ0n) is 19.2. The Morgan fingerprint density at radius 3 is 2.03 bits per heavy atom. The van der Waals surface area contributed by atoms with Gasteiger partial charge in [0.2, 0.25) is 15.9 Å². The van der Waals surface area contributed by atoms with Gasteiger partial charge < -0.3 is 10.2 Å². The minimum atomic E-state index is -3.51. The number of rotatable bonds is 6. The maximum Gasteiger partial charge on any atom is 0.251 e. The number of amides is 2. The Hall–Kier alpha value is -2.97. The summed E-state index contributed by atoms with van der Waals surface area (Å²) in [5, 5.41) is 4.31. The third-order valence-electron chi connectivity index (χ3n) is 6.57. The van der Waals surface area contributed by atoms with Crippen molar-refractivity contribution in [2.24, 2.45) is 5.92 Å². The van der Waals surface area contributed by atoms with Gasteiger partial charge >= 0.3 is 0 Å². The molecule has 2 aliphatic heterocycles. The molecule has 0 saturated carbocycles. The lowest BCUT2D eigenvalue weighted by Crippen LogP contribution is -2.49. The highest BCUT2D eigenvalue weighted by molar-refractivity contribution is 7.92. The second-order valence-corrected chi connectivity index (χ2v) is 10.7. The number of carbonyl (C=O) groups is 2. The number of nitrogens with one attached hydrogen (secondary N) is 1. The molecule has 2 fully saturated rings. The number of carbonyl (C=O) groups excluding carboxylic acids is 2. The van der Waals surface area contributed by atoms with Gasteiger partial charge in [-0.05, 0) is 49.5 Å². The molecule has 0 unspecified atom stereocenters. The van der Waals surface area contributed by atoms with Crippen LogP contribution in [0, 0.1) is 5.92 Å². The summed E-state index contributed by atoms with van der Waals surface area (Å²) in [6.07, 6.45) is 4.11. The molecule has 4 rings (SSSR count). The number of sulfonamides is 1. The zero-order chi connectivity index (χ0) is 24.0. The molecule has 8 heteroatoms. The average Bonchev–Trinajstić information content (AvgIpc) is 2.89. The van der Waals surface area contributed by atoms with Gasteiger partial charge in [-0.2, -0.15) is 4.31 Å². The van der Waals surface area contributed by atoms with Gasteiger partial charge in [0.15, 0.2) is 0 Å². The van der Waals surface area contributed by atoms with Crippen LogP contribution >= 0.6 is 0 Å². The van der Waals surface area contributed by atoms with Crippen LogP contribution in [0.4, 0.5) is 0 Å². The van der Waals surface area contributed by atoms with Gasteiger partial charge in [0.25, 0.3) is 5.91 Å². The Morgan fingerprint density at radius 2 is 1.41 bits per heavy atom. The number of hydrogen-bond donors (Lipinski definition) is 1. The molecule has 0 aliphatic carbocycles. The summed E-state index contributed by atoms with van der Waals surface area (Å²) in [5.74, 6) is -0.134. The molecule has 2 amide bonds. The highest BCUT2D eigenvalue weighted by Crippen LogP contribution is 2.24. The molecule has 180 valence electrons. The van der Waals surface area contributed by atoms with E-state index in [1.54, 1.807) is 18.2 Å². The minimum Gasteiger partial charge on any atom is -0.349 e. The summed E-state index contributed by atoms with van der Waals surface area (Å²) in [6, 6.07) is 18.5. The van der Waals surface area contributed by atoms with E-state index in [1.807, 2.05) is 53.4 Å². The first-order chi connectivity index (χ1) is 16.4. The Bertz CT molecular complexity index is 1100. The molecule has 7 nitrogen and oxygen atoms in total. The first-order valence-electron chi connectivity index (χ1n) is 11.8. The number of hydrogen-bond acceptors (Lipinski definition) is 4. The maximum absolute atomic E-state index is 13.0. The van der Waals surface area contributed by atoms with Crippen molar-refractivity contribution in [2.45, 2.75) is 31.7 Å². The number of benzene rings is 2. The molecule has 0 aromatic heterocycles. The van der Waals surface area contributed by atoms with Crippen molar-refractivity contribution < 1.29 is 18.0 Å². The molecule has 2 saturated heterocycles. The van der Waals surface area contributed by atoms with Gasteiger partial charge in [0, 0.05) is 49.1 Å². The second kappa shape index (κ2) is 11.0. The van der Waals surface area contributed by atoms with Crippen molar-refractivity contribution in [3.63, 3.8) is 0 Å². The zero-order valence-corrected chi connectivity index (χ0v) is 20.0. The topological polar surface area (TPSA) is 86.8 Å². The van der Waals surface area contributed by atoms with Crippen molar-refractivity contribution >= 4 is 27.9 Å². The fourth-order valence-electron chi connectivity index (χ4n) is 4.53. The third kappa shape index (κ3) is 6.12. The maximum atomic E-state index is 13.0. The van der Waals surface area contributed by atoms with Crippen molar-refractivity contribution in [3.8, 4) is 0 Å². The Kier molecular flexibility index (Phi) is 7.80. The van der Waals surface area contributed by atoms with Gasteiger partial charge in [-0.3, -0.25) is 9.59 Å². The predicted octanol–water partition coefficient (Wildman–Crippen LogP) is 3.12. The summed E-state index contributed by atoms with van der Waals surface area (Å²) in [7, 11) is -3.51. The molecule has 0 radical (unpaired) electrons. The van der Waals surface area contributed by atoms with E-state index in [2.05, 4.69) is 5.32 Å². The standard InChI is InChI=1S/C26H31N3O4S/c30-25(22-9-5-2-6-10-22)27-24-13-16-28(17-14-24)26(31)23-11-18-29(19-12-23)34(32,33)20-15-21-7-3-1-4-8-21/h1-10,15,20,23-24H,11-14,16-19H2,(H,27,30)/b20-15+. The van der Waals surface area contributed by atoms with Crippen LogP contribution in [0.3, 0.4) is 0 Å². The van der Waals surface area contributed by atoms with E-state index < -0.39 is 10.0 Å². The molecule has 0 spiro atoms. The van der Waals surface area contributed by atoms with Crippen molar-refractivity contribution in [1.29, 1.82) is 0 Å². The Balaban J connectivity index is 1.23. The van der Waals surface area contributed by atoms with Crippen LogP contribution in [-0.2, 0) is 14.8 Å². The Labute approximate surface area is 201 Å². The second-order valence-electron chi connectivity index (χ2n) is 8.87. The molecule has 0 bridgehead atoms. The molecule has 2 aromatic carbocycles. The Morgan fingerprint density at radius 1 is 0.824 bits per heavy atom.